The minimum Gasteiger partial charge on any atom is -0.462 e. The van der Waals surface area contributed by atoms with E-state index in [0.29, 0.717) is 19.4 Å². The van der Waals surface area contributed by atoms with Crippen LogP contribution in [0.1, 0.15) is 47.0 Å². The number of aliphatic hydroxyl groups is 1. The third-order valence-electron chi connectivity index (χ3n) is 3.58. The molecule has 0 aromatic rings. The van der Waals surface area contributed by atoms with Gasteiger partial charge in [0.25, 0.3) is 5.79 Å². The van der Waals surface area contributed by atoms with Gasteiger partial charge in [-0.15, -0.1) is 0 Å². The number of ether oxygens (including phenoxy) is 2. The highest BCUT2D eigenvalue weighted by atomic mass is 16.7. The van der Waals surface area contributed by atoms with Crippen molar-refractivity contribution in [3.05, 3.63) is 11.6 Å². The highest BCUT2D eigenvalue weighted by Gasteiger charge is 2.58. The van der Waals surface area contributed by atoms with E-state index < -0.39 is 17.2 Å². The van der Waals surface area contributed by atoms with Gasteiger partial charge in [0.1, 0.15) is 0 Å². The van der Waals surface area contributed by atoms with Crippen molar-refractivity contribution in [1.82, 2.24) is 0 Å². The largest absolute Gasteiger partial charge is 0.462 e. The van der Waals surface area contributed by atoms with Gasteiger partial charge in [0.2, 0.25) is 0 Å². The summed E-state index contributed by atoms with van der Waals surface area (Å²) in [7, 11) is 0. The zero-order valence-electron chi connectivity index (χ0n) is 11.8. The van der Waals surface area contributed by atoms with Crippen LogP contribution in [0, 0.1) is 5.41 Å². The van der Waals surface area contributed by atoms with Crippen molar-refractivity contribution >= 4 is 5.97 Å². The molecule has 0 saturated carbocycles. The van der Waals surface area contributed by atoms with E-state index in [0.717, 1.165) is 6.42 Å². The van der Waals surface area contributed by atoms with E-state index in [1.165, 1.54) is 5.57 Å². The Labute approximate surface area is 109 Å². The van der Waals surface area contributed by atoms with Gasteiger partial charge in [-0.3, -0.25) is 0 Å². The summed E-state index contributed by atoms with van der Waals surface area (Å²) in [5.41, 5.74) is 0.655. The Hall–Kier alpha value is -0.870. The number of esters is 1. The van der Waals surface area contributed by atoms with Gasteiger partial charge in [0.05, 0.1) is 13.2 Å². The summed E-state index contributed by atoms with van der Waals surface area (Å²) in [6, 6.07) is 0. The predicted molar refractivity (Wildman–Crippen MR) is 68.9 cm³/mol. The molecule has 1 aliphatic heterocycles. The summed E-state index contributed by atoms with van der Waals surface area (Å²) < 4.78 is 10.2. The second kappa shape index (κ2) is 5.85. The van der Waals surface area contributed by atoms with E-state index in [9.17, 15) is 9.90 Å². The van der Waals surface area contributed by atoms with E-state index in [1.807, 2.05) is 20.8 Å². The van der Waals surface area contributed by atoms with Crippen molar-refractivity contribution in [2.75, 3.05) is 13.2 Å². The summed E-state index contributed by atoms with van der Waals surface area (Å²) >= 11 is 0. The molecular formula is C14H24O4. The summed E-state index contributed by atoms with van der Waals surface area (Å²) in [6.45, 7) is 8.30. The van der Waals surface area contributed by atoms with Crippen molar-refractivity contribution in [3.63, 3.8) is 0 Å². The first-order valence-electron chi connectivity index (χ1n) is 6.52. The molecule has 0 aromatic carbocycles. The first kappa shape index (κ1) is 15.2. The highest BCUT2D eigenvalue weighted by Crippen LogP contribution is 2.46. The van der Waals surface area contributed by atoms with Crippen LogP contribution in [0.4, 0.5) is 0 Å². The van der Waals surface area contributed by atoms with E-state index in [4.69, 9.17) is 9.47 Å². The molecule has 0 spiro atoms. The second-order valence-electron chi connectivity index (χ2n) is 5.34. The fraction of sp³-hybridized carbons (Fsp3) is 0.786. The van der Waals surface area contributed by atoms with Gasteiger partial charge in [-0.25, -0.2) is 4.79 Å². The fourth-order valence-electron chi connectivity index (χ4n) is 2.28. The standard InChI is InChI=1S/C14H24O4/c1-5-17-12(15)14(16)13(4,9-10-18-14)8-6-7-11(2)3/h7,16H,5-6,8-10H2,1-4H3/t13-,14?/m1/s1. The number of allylic oxidation sites excluding steroid dienone is 2. The molecule has 2 atom stereocenters. The van der Waals surface area contributed by atoms with Crippen LogP contribution in [0.15, 0.2) is 11.6 Å². The lowest BCUT2D eigenvalue weighted by Gasteiger charge is -2.35. The summed E-state index contributed by atoms with van der Waals surface area (Å²) in [4.78, 5) is 11.9. The molecule has 104 valence electrons. The zero-order valence-corrected chi connectivity index (χ0v) is 11.8. The van der Waals surface area contributed by atoms with Crippen LogP contribution in [-0.4, -0.2) is 30.1 Å². The normalized spacial score (nSPS) is 31.2. The molecule has 1 N–H and O–H groups in total. The van der Waals surface area contributed by atoms with Crippen LogP contribution in [0.25, 0.3) is 0 Å². The van der Waals surface area contributed by atoms with Gasteiger partial charge in [0.15, 0.2) is 0 Å². The molecule has 0 bridgehead atoms. The molecule has 4 heteroatoms. The zero-order chi connectivity index (χ0) is 13.8. The number of hydrogen-bond donors (Lipinski definition) is 1. The van der Waals surface area contributed by atoms with Gasteiger partial charge in [-0.1, -0.05) is 18.6 Å². The van der Waals surface area contributed by atoms with Gasteiger partial charge >= 0.3 is 5.97 Å². The SMILES string of the molecule is CCOC(=O)C1(O)OCC[C@@]1(C)CCC=C(C)C. The van der Waals surface area contributed by atoms with E-state index in [1.54, 1.807) is 6.92 Å². The topological polar surface area (TPSA) is 55.8 Å². The Morgan fingerprint density at radius 1 is 1.50 bits per heavy atom. The average molecular weight is 256 g/mol. The molecule has 4 nitrogen and oxygen atoms in total. The van der Waals surface area contributed by atoms with Crippen LogP contribution in [0.5, 0.6) is 0 Å². The predicted octanol–water partition coefficient (Wildman–Crippen LogP) is 2.41. The summed E-state index contributed by atoms with van der Waals surface area (Å²) in [6.07, 6.45) is 4.30. The maximum Gasteiger partial charge on any atom is 0.367 e. The van der Waals surface area contributed by atoms with Crippen molar-refractivity contribution in [2.24, 2.45) is 5.41 Å². The number of carbonyl (C=O) groups is 1. The molecule has 18 heavy (non-hydrogen) atoms. The first-order chi connectivity index (χ1) is 8.35. The third-order valence-corrected chi connectivity index (χ3v) is 3.58. The van der Waals surface area contributed by atoms with Crippen molar-refractivity contribution in [3.8, 4) is 0 Å². The Morgan fingerprint density at radius 3 is 2.72 bits per heavy atom. The maximum atomic E-state index is 11.9. The average Bonchev–Trinajstić information content (AvgIpc) is 2.56. The molecule has 0 radical (unpaired) electrons. The quantitative estimate of drug-likeness (QED) is 0.606. The first-order valence-corrected chi connectivity index (χ1v) is 6.52. The highest BCUT2D eigenvalue weighted by molar-refractivity contribution is 5.79. The molecule has 1 unspecified atom stereocenters. The van der Waals surface area contributed by atoms with Crippen LogP contribution in [0.2, 0.25) is 0 Å². The van der Waals surface area contributed by atoms with Gasteiger partial charge in [-0.2, -0.15) is 0 Å². The smallest absolute Gasteiger partial charge is 0.367 e. The van der Waals surface area contributed by atoms with E-state index in [2.05, 4.69) is 6.08 Å². The van der Waals surface area contributed by atoms with Crippen LogP contribution < -0.4 is 0 Å². The molecule has 1 saturated heterocycles. The minimum absolute atomic E-state index is 0.245. The van der Waals surface area contributed by atoms with Crippen LogP contribution >= 0.6 is 0 Å². The molecule has 1 aliphatic rings. The monoisotopic (exact) mass is 256 g/mol. The van der Waals surface area contributed by atoms with Crippen molar-refractivity contribution < 1.29 is 19.4 Å². The van der Waals surface area contributed by atoms with Gasteiger partial charge in [0, 0.05) is 5.41 Å². The Bertz CT molecular complexity index is 333. The Balaban J connectivity index is 2.78. The molecule has 1 heterocycles. The Kier molecular flexibility index (Phi) is 4.93. The molecular weight excluding hydrogens is 232 g/mol. The lowest BCUT2D eigenvalue weighted by molar-refractivity contribution is -0.240. The maximum absolute atomic E-state index is 11.9. The minimum atomic E-state index is -1.79. The molecule has 1 rings (SSSR count). The molecule has 1 fully saturated rings. The molecule has 0 amide bonds. The summed E-state index contributed by atoms with van der Waals surface area (Å²) in [5.74, 6) is -2.46. The van der Waals surface area contributed by atoms with Crippen molar-refractivity contribution in [1.29, 1.82) is 0 Å². The van der Waals surface area contributed by atoms with Gasteiger partial charge < -0.3 is 14.6 Å². The van der Waals surface area contributed by atoms with E-state index in [-0.39, 0.29) is 6.61 Å². The fourth-order valence-corrected chi connectivity index (χ4v) is 2.28. The van der Waals surface area contributed by atoms with Crippen LogP contribution in [-0.2, 0) is 14.3 Å². The lowest BCUT2D eigenvalue weighted by Crippen LogP contribution is -2.51. The van der Waals surface area contributed by atoms with Gasteiger partial charge in [-0.05, 0) is 40.0 Å². The second-order valence-corrected chi connectivity index (χ2v) is 5.34. The number of carbonyl (C=O) groups excluding carboxylic acids is 1. The summed E-state index contributed by atoms with van der Waals surface area (Å²) in [5, 5.41) is 10.5. The Morgan fingerprint density at radius 2 is 2.17 bits per heavy atom. The number of hydrogen-bond acceptors (Lipinski definition) is 4. The number of rotatable bonds is 5. The molecule has 0 aromatic heterocycles. The third kappa shape index (κ3) is 2.93. The van der Waals surface area contributed by atoms with Crippen molar-refractivity contribution in [2.45, 2.75) is 52.7 Å². The van der Waals surface area contributed by atoms with Crippen LogP contribution in [0.3, 0.4) is 0 Å². The molecule has 0 aliphatic carbocycles. The van der Waals surface area contributed by atoms with E-state index >= 15 is 0 Å². The lowest BCUT2D eigenvalue weighted by atomic mass is 9.76.